The highest BCUT2D eigenvalue weighted by atomic mass is 16.5. The number of ketones is 1. The number of fused-ring (bicyclic) bond motifs is 5. The highest BCUT2D eigenvalue weighted by Gasteiger charge is 2.68. The van der Waals surface area contributed by atoms with Crippen LogP contribution in [0.1, 0.15) is 53.4 Å². The first-order valence-corrected chi connectivity index (χ1v) is 10.0. The number of Topliss-reactive ketones (excluding diaryl/α,β-unsaturated/α-hetero) is 1. The lowest BCUT2D eigenvalue weighted by atomic mass is 9.46. The molecule has 2 bridgehead atoms. The molecule has 1 saturated heterocycles. The molecule has 0 N–H and O–H groups in total. The molecule has 2 saturated carbocycles. The van der Waals surface area contributed by atoms with E-state index in [1.165, 1.54) is 0 Å². The molecule has 8 nitrogen and oxygen atoms in total. The normalized spacial score (nSPS) is 47.0. The van der Waals surface area contributed by atoms with E-state index in [0.717, 1.165) is 5.57 Å². The lowest BCUT2D eigenvalue weighted by molar-refractivity contribution is -0.204. The van der Waals surface area contributed by atoms with E-state index in [0.29, 0.717) is 37.9 Å². The zero-order chi connectivity index (χ0) is 20.5. The second kappa shape index (κ2) is 6.08. The van der Waals surface area contributed by atoms with E-state index in [9.17, 15) is 19.5 Å². The van der Waals surface area contributed by atoms with Crippen LogP contribution in [0.2, 0.25) is 0 Å². The fourth-order valence-electron chi connectivity index (χ4n) is 6.63. The third kappa shape index (κ3) is 2.12. The van der Waals surface area contributed by atoms with Gasteiger partial charge in [0.2, 0.25) is 0 Å². The number of nitroso groups, excluding NO2 is 3. The number of carbonyl (C=O) groups is 1. The minimum Gasteiger partial charge on any atom is -0.377 e. The Labute approximate surface area is 163 Å². The van der Waals surface area contributed by atoms with Crippen molar-refractivity contribution in [1.82, 2.24) is 0 Å². The van der Waals surface area contributed by atoms with Gasteiger partial charge >= 0.3 is 0 Å². The molecule has 4 rings (SSSR count). The second-order valence-electron chi connectivity index (χ2n) is 9.80. The standard InChI is InChI=1S/C20H27N3O5/c1-10-5-6-20(23-27)8-12-11-9-28-13(11)7-14(21-25)19(12,4)17(24)16(22-26)15(10)18(20,2)3/h11-14,16H,5-9H2,1-4H3. The van der Waals surface area contributed by atoms with Crippen LogP contribution in [0.15, 0.2) is 26.7 Å². The molecule has 1 heterocycles. The minimum absolute atomic E-state index is 0.0576. The lowest BCUT2D eigenvalue weighted by Gasteiger charge is -2.60. The van der Waals surface area contributed by atoms with Crippen molar-refractivity contribution >= 4 is 5.78 Å². The van der Waals surface area contributed by atoms with Gasteiger partial charge in [0.25, 0.3) is 0 Å². The summed E-state index contributed by atoms with van der Waals surface area (Å²) in [6.07, 6.45) is 1.78. The number of rotatable bonds is 3. The third-order valence-electron chi connectivity index (χ3n) is 8.64. The summed E-state index contributed by atoms with van der Waals surface area (Å²) >= 11 is 0. The fourth-order valence-corrected chi connectivity index (χ4v) is 6.63. The van der Waals surface area contributed by atoms with E-state index >= 15 is 0 Å². The summed E-state index contributed by atoms with van der Waals surface area (Å²) in [5, 5.41) is 10.2. The molecule has 0 radical (unpaired) electrons. The van der Waals surface area contributed by atoms with Crippen LogP contribution in [-0.2, 0) is 9.53 Å². The first kappa shape index (κ1) is 19.5. The van der Waals surface area contributed by atoms with Gasteiger partial charge in [-0.1, -0.05) is 41.9 Å². The molecule has 7 atom stereocenters. The number of nitrogens with zero attached hydrogens (tertiary/aromatic N) is 3. The molecule has 0 aromatic heterocycles. The average Bonchev–Trinajstić information content (AvgIpc) is 2.64. The number of ether oxygens (including phenoxy) is 1. The molecule has 1 aliphatic heterocycles. The maximum absolute atomic E-state index is 13.8. The Morgan fingerprint density at radius 1 is 1.11 bits per heavy atom. The van der Waals surface area contributed by atoms with E-state index in [-0.39, 0.29) is 23.7 Å². The average molecular weight is 389 g/mol. The first-order valence-electron chi connectivity index (χ1n) is 10.0. The van der Waals surface area contributed by atoms with Gasteiger partial charge in [0.1, 0.15) is 11.6 Å². The van der Waals surface area contributed by atoms with Crippen LogP contribution in [0.4, 0.5) is 0 Å². The lowest BCUT2D eigenvalue weighted by Crippen LogP contribution is -2.67. The summed E-state index contributed by atoms with van der Waals surface area (Å²) in [5.74, 6) is -0.579. The summed E-state index contributed by atoms with van der Waals surface area (Å²) < 4.78 is 5.65. The number of hydrogen-bond acceptors (Lipinski definition) is 8. The Kier molecular flexibility index (Phi) is 4.23. The molecule has 152 valence electrons. The molecule has 8 heteroatoms. The first-order chi connectivity index (χ1) is 13.2. The van der Waals surface area contributed by atoms with Gasteiger partial charge in [0.15, 0.2) is 11.8 Å². The largest absolute Gasteiger partial charge is 0.377 e. The predicted molar refractivity (Wildman–Crippen MR) is 102 cm³/mol. The minimum atomic E-state index is -1.22. The van der Waals surface area contributed by atoms with E-state index in [1.807, 2.05) is 20.8 Å². The molecular formula is C20H27N3O5. The maximum Gasteiger partial charge on any atom is 0.173 e. The zero-order valence-corrected chi connectivity index (χ0v) is 16.8. The number of hydrogen-bond donors (Lipinski definition) is 0. The summed E-state index contributed by atoms with van der Waals surface area (Å²) in [5.41, 5.74) is -1.35. The fraction of sp³-hybridized carbons (Fsp3) is 0.850. The van der Waals surface area contributed by atoms with Crippen LogP contribution in [-0.4, -0.2) is 36.1 Å². The van der Waals surface area contributed by atoms with Crippen LogP contribution in [0, 0.1) is 37.4 Å². The quantitative estimate of drug-likeness (QED) is 0.536. The molecule has 0 amide bonds. The summed E-state index contributed by atoms with van der Waals surface area (Å²) in [7, 11) is 0. The monoisotopic (exact) mass is 389 g/mol. The van der Waals surface area contributed by atoms with E-state index in [4.69, 9.17) is 4.74 Å². The molecule has 0 spiro atoms. The molecule has 3 aliphatic carbocycles. The Hall–Kier alpha value is -1.83. The van der Waals surface area contributed by atoms with Crippen molar-refractivity contribution in [3.8, 4) is 0 Å². The molecule has 28 heavy (non-hydrogen) atoms. The third-order valence-corrected chi connectivity index (χ3v) is 8.64. The van der Waals surface area contributed by atoms with Crippen LogP contribution in [0.5, 0.6) is 0 Å². The van der Waals surface area contributed by atoms with Crippen LogP contribution in [0.25, 0.3) is 0 Å². The number of allylic oxidation sites excluding steroid dienone is 1. The van der Waals surface area contributed by atoms with Gasteiger partial charge in [0, 0.05) is 17.8 Å². The molecule has 7 unspecified atom stereocenters. The van der Waals surface area contributed by atoms with Gasteiger partial charge in [0.05, 0.1) is 18.1 Å². The molecular weight excluding hydrogens is 362 g/mol. The van der Waals surface area contributed by atoms with Crippen molar-refractivity contribution in [2.75, 3.05) is 6.61 Å². The van der Waals surface area contributed by atoms with Crippen molar-refractivity contribution < 1.29 is 9.53 Å². The summed E-state index contributed by atoms with van der Waals surface area (Å²) in [4.78, 5) is 49.8. The van der Waals surface area contributed by atoms with Gasteiger partial charge in [-0.25, -0.2) is 0 Å². The van der Waals surface area contributed by atoms with Gasteiger partial charge in [-0.15, -0.1) is 4.91 Å². The maximum atomic E-state index is 13.8. The van der Waals surface area contributed by atoms with E-state index in [2.05, 4.69) is 15.5 Å². The Bertz CT molecular complexity index is 793. The summed E-state index contributed by atoms with van der Waals surface area (Å²) in [6, 6.07) is -2.02. The van der Waals surface area contributed by atoms with Gasteiger partial charge in [-0.2, -0.15) is 9.81 Å². The Morgan fingerprint density at radius 2 is 1.82 bits per heavy atom. The summed E-state index contributed by atoms with van der Waals surface area (Å²) in [6.45, 7) is 7.91. The Balaban J connectivity index is 1.98. The highest BCUT2D eigenvalue weighted by Crippen LogP contribution is 2.62. The van der Waals surface area contributed by atoms with Crippen LogP contribution in [0.3, 0.4) is 0 Å². The van der Waals surface area contributed by atoms with Gasteiger partial charge in [-0.05, 0) is 37.7 Å². The van der Waals surface area contributed by atoms with Crippen LogP contribution < -0.4 is 0 Å². The molecule has 4 aliphatic rings. The van der Waals surface area contributed by atoms with Crippen molar-refractivity contribution in [3.63, 3.8) is 0 Å². The van der Waals surface area contributed by atoms with Crippen molar-refractivity contribution in [1.29, 1.82) is 0 Å². The highest BCUT2D eigenvalue weighted by molar-refractivity contribution is 5.94. The van der Waals surface area contributed by atoms with E-state index < -0.39 is 28.5 Å². The van der Waals surface area contributed by atoms with Crippen molar-refractivity contribution in [2.24, 2.45) is 38.2 Å². The number of carbonyl (C=O) groups excluding carboxylic acids is 1. The van der Waals surface area contributed by atoms with Gasteiger partial charge in [-0.3, -0.25) is 4.79 Å². The topological polar surface area (TPSA) is 115 Å². The predicted octanol–water partition coefficient (Wildman–Crippen LogP) is 3.91. The molecule has 3 fully saturated rings. The van der Waals surface area contributed by atoms with Crippen molar-refractivity contribution in [3.05, 3.63) is 25.9 Å². The zero-order valence-electron chi connectivity index (χ0n) is 16.8. The van der Waals surface area contributed by atoms with Crippen LogP contribution >= 0.6 is 0 Å². The SMILES string of the molecule is CC1=C2C(N=O)C(=O)C3(C)C(N=O)CC4OCC4C3CC(N=O)(CC1)C2(C)C. The van der Waals surface area contributed by atoms with Gasteiger partial charge < -0.3 is 4.74 Å². The smallest absolute Gasteiger partial charge is 0.173 e. The molecule has 0 aromatic carbocycles. The molecule has 0 aromatic rings. The van der Waals surface area contributed by atoms with E-state index in [1.54, 1.807) is 6.92 Å². The Morgan fingerprint density at radius 3 is 2.36 bits per heavy atom. The van der Waals surface area contributed by atoms with Crippen molar-refractivity contribution in [2.45, 2.75) is 77.1 Å². The second-order valence-corrected chi connectivity index (χ2v) is 9.80.